The van der Waals surface area contributed by atoms with Crippen LogP contribution in [0.4, 0.5) is 0 Å². The molecule has 8 nitrogen and oxygen atoms in total. The second kappa shape index (κ2) is 3.59. The fourth-order valence-corrected chi connectivity index (χ4v) is 1.51. The van der Waals surface area contributed by atoms with Crippen LogP contribution in [0.15, 0.2) is 17.8 Å². The van der Waals surface area contributed by atoms with Crippen LogP contribution in [0.3, 0.4) is 0 Å². The Labute approximate surface area is 88.7 Å². The van der Waals surface area contributed by atoms with E-state index in [2.05, 4.69) is 25.3 Å². The second-order valence-electron chi connectivity index (χ2n) is 2.60. The minimum absolute atomic E-state index is 0.249. The van der Waals surface area contributed by atoms with E-state index in [4.69, 9.17) is 10.7 Å². The van der Waals surface area contributed by atoms with Crippen molar-refractivity contribution < 1.29 is 8.42 Å². The summed E-state index contributed by atoms with van der Waals surface area (Å²) in [5.41, 5.74) is 0. The summed E-state index contributed by atoms with van der Waals surface area (Å²) in [6.45, 7) is 0.249. The van der Waals surface area contributed by atoms with Gasteiger partial charge in [0, 0.05) is 10.7 Å². The van der Waals surface area contributed by atoms with Crippen molar-refractivity contribution in [3.8, 4) is 0 Å². The van der Waals surface area contributed by atoms with Gasteiger partial charge in [0.2, 0.25) is 0 Å². The highest BCUT2D eigenvalue weighted by molar-refractivity contribution is 8.13. The molecule has 2 aromatic rings. The first kappa shape index (κ1) is 10.1. The number of rotatable bonds is 3. The van der Waals surface area contributed by atoms with Crippen molar-refractivity contribution in [2.24, 2.45) is 0 Å². The Morgan fingerprint density at radius 2 is 2.33 bits per heavy atom. The van der Waals surface area contributed by atoms with Gasteiger partial charge in [-0.2, -0.15) is 10.1 Å². The molecule has 15 heavy (non-hydrogen) atoms. The Hall–Kier alpha value is -1.48. The number of H-pyrrole nitrogens is 1. The third-order valence-corrected chi connectivity index (χ3v) is 2.54. The van der Waals surface area contributed by atoms with Crippen molar-refractivity contribution in [1.82, 2.24) is 29.9 Å². The van der Waals surface area contributed by atoms with Crippen molar-refractivity contribution in [3.63, 3.8) is 0 Å². The molecule has 0 aliphatic heterocycles. The van der Waals surface area contributed by atoms with Crippen LogP contribution in [-0.4, -0.2) is 38.4 Å². The van der Waals surface area contributed by atoms with Gasteiger partial charge in [0.05, 0.1) is 0 Å². The molecule has 0 spiro atoms. The smallest absolute Gasteiger partial charge is 0.260 e. The average Bonchev–Trinajstić information content (AvgIpc) is 2.73. The molecule has 1 N–H and O–H groups in total. The molecule has 2 rings (SSSR count). The van der Waals surface area contributed by atoms with E-state index in [9.17, 15) is 8.42 Å². The fourth-order valence-electron chi connectivity index (χ4n) is 0.925. The van der Waals surface area contributed by atoms with E-state index in [1.807, 2.05) is 0 Å². The predicted molar refractivity (Wildman–Crippen MR) is 48.5 cm³/mol. The minimum Gasteiger partial charge on any atom is -0.260 e. The van der Waals surface area contributed by atoms with Crippen molar-refractivity contribution in [1.29, 1.82) is 0 Å². The summed E-state index contributed by atoms with van der Waals surface area (Å²) >= 11 is 0. The molecule has 2 heterocycles. The van der Waals surface area contributed by atoms with Crippen molar-refractivity contribution in [2.75, 3.05) is 0 Å². The van der Waals surface area contributed by atoms with Crippen LogP contribution < -0.4 is 0 Å². The summed E-state index contributed by atoms with van der Waals surface area (Å²) < 4.78 is 23.1. The Kier molecular flexibility index (Phi) is 2.40. The van der Waals surface area contributed by atoms with Crippen LogP contribution in [0.2, 0.25) is 0 Å². The highest BCUT2D eigenvalue weighted by atomic mass is 35.7. The Morgan fingerprint density at radius 3 is 2.87 bits per heavy atom. The summed E-state index contributed by atoms with van der Waals surface area (Å²) in [5, 5.41) is 9.26. The monoisotopic (exact) mass is 248 g/mol. The molecule has 0 amide bonds. The maximum Gasteiger partial charge on any atom is 0.298 e. The van der Waals surface area contributed by atoms with E-state index in [1.54, 1.807) is 0 Å². The molecular weight excluding hydrogens is 244 g/mol. The van der Waals surface area contributed by atoms with E-state index in [-0.39, 0.29) is 6.54 Å². The standard InChI is InChI=1S/C5H5ClN6O2S/c6-15(13,14)5-9-4(10-11-5)1-12-3-7-2-8-12/h2-3H,1H2,(H,9,10,11). The molecular formula is C5H5ClN6O2S. The molecule has 0 bridgehead atoms. The molecule has 0 aliphatic carbocycles. The minimum atomic E-state index is -3.89. The topological polar surface area (TPSA) is 106 Å². The molecule has 0 saturated heterocycles. The highest BCUT2D eigenvalue weighted by Gasteiger charge is 2.16. The van der Waals surface area contributed by atoms with Gasteiger partial charge in [-0.05, 0) is 0 Å². The number of aromatic nitrogens is 6. The van der Waals surface area contributed by atoms with Gasteiger partial charge in [0.15, 0.2) is 0 Å². The number of halogens is 1. The summed E-state index contributed by atoms with van der Waals surface area (Å²) in [7, 11) is 1.16. The van der Waals surface area contributed by atoms with E-state index < -0.39 is 14.2 Å². The van der Waals surface area contributed by atoms with Gasteiger partial charge in [-0.3, -0.25) is 5.10 Å². The third kappa shape index (κ3) is 2.30. The van der Waals surface area contributed by atoms with E-state index in [0.717, 1.165) is 0 Å². The largest absolute Gasteiger partial charge is 0.298 e. The molecule has 0 aliphatic rings. The number of hydrogen-bond donors (Lipinski definition) is 1. The number of nitrogens with one attached hydrogen (secondary N) is 1. The summed E-state index contributed by atoms with van der Waals surface area (Å²) in [5.74, 6) is 0.333. The molecule has 10 heteroatoms. The first-order valence-corrected chi connectivity index (χ1v) is 6.05. The van der Waals surface area contributed by atoms with Crippen molar-refractivity contribution in [3.05, 3.63) is 18.5 Å². The number of aromatic amines is 1. The van der Waals surface area contributed by atoms with Crippen LogP contribution in [0.25, 0.3) is 0 Å². The van der Waals surface area contributed by atoms with Crippen LogP contribution in [-0.2, 0) is 15.6 Å². The first-order valence-electron chi connectivity index (χ1n) is 3.74. The Morgan fingerprint density at radius 1 is 1.53 bits per heavy atom. The molecule has 0 unspecified atom stereocenters. The molecule has 0 radical (unpaired) electrons. The van der Waals surface area contributed by atoms with Gasteiger partial charge in [-0.1, -0.05) is 0 Å². The van der Waals surface area contributed by atoms with Gasteiger partial charge in [0.25, 0.3) is 14.2 Å². The molecule has 80 valence electrons. The lowest BCUT2D eigenvalue weighted by molar-refractivity contribution is 0.601. The average molecular weight is 249 g/mol. The predicted octanol–water partition coefficient (Wildman–Crippen LogP) is -0.628. The summed E-state index contributed by atoms with van der Waals surface area (Å²) in [4.78, 5) is 7.40. The van der Waals surface area contributed by atoms with Crippen molar-refractivity contribution in [2.45, 2.75) is 11.7 Å². The second-order valence-corrected chi connectivity index (χ2v) is 5.06. The van der Waals surface area contributed by atoms with Crippen LogP contribution >= 0.6 is 10.7 Å². The van der Waals surface area contributed by atoms with Crippen molar-refractivity contribution >= 4 is 19.7 Å². The molecule has 0 aromatic carbocycles. The molecule has 0 saturated carbocycles. The summed E-state index contributed by atoms with van der Waals surface area (Å²) in [6, 6.07) is 0. The summed E-state index contributed by atoms with van der Waals surface area (Å²) in [6.07, 6.45) is 2.83. The van der Waals surface area contributed by atoms with Crippen LogP contribution in [0.5, 0.6) is 0 Å². The van der Waals surface area contributed by atoms with Gasteiger partial charge in [-0.15, -0.1) is 5.10 Å². The SMILES string of the molecule is O=S(=O)(Cl)c1n[nH]c(Cn2cncn2)n1. The lowest BCUT2D eigenvalue weighted by atomic mass is 10.6. The normalized spacial score (nSPS) is 11.8. The highest BCUT2D eigenvalue weighted by Crippen LogP contribution is 2.08. The lowest BCUT2D eigenvalue weighted by Crippen LogP contribution is -2.02. The fraction of sp³-hybridized carbons (Fsp3) is 0.200. The van der Waals surface area contributed by atoms with Crippen LogP contribution in [0, 0.1) is 0 Å². The number of hydrogen-bond acceptors (Lipinski definition) is 6. The first-order chi connectivity index (χ1) is 7.05. The van der Waals surface area contributed by atoms with E-state index >= 15 is 0 Å². The zero-order valence-electron chi connectivity index (χ0n) is 7.20. The van der Waals surface area contributed by atoms with Gasteiger partial charge in [0.1, 0.15) is 25.0 Å². The van der Waals surface area contributed by atoms with E-state index in [0.29, 0.717) is 5.82 Å². The maximum absolute atomic E-state index is 10.8. The van der Waals surface area contributed by atoms with Crippen LogP contribution in [0.1, 0.15) is 5.82 Å². The van der Waals surface area contributed by atoms with E-state index in [1.165, 1.54) is 17.3 Å². The molecule has 0 atom stereocenters. The zero-order valence-corrected chi connectivity index (χ0v) is 8.77. The lowest BCUT2D eigenvalue weighted by Gasteiger charge is -1.93. The Balaban J connectivity index is 2.22. The number of nitrogens with zero attached hydrogens (tertiary/aromatic N) is 5. The maximum atomic E-state index is 10.8. The molecule has 2 aromatic heterocycles. The van der Waals surface area contributed by atoms with Gasteiger partial charge >= 0.3 is 0 Å². The zero-order chi connectivity index (χ0) is 10.9. The molecule has 0 fully saturated rings. The van der Waals surface area contributed by atoms with Gasteiger partial charge in [-0.25, -0.2) is 18.1 Å². The quantitative estimate of drug-likeness (QED) is 0.725. The van der Waals surface area contributed by atoms with Gasteiger partial charge < -0.3 is 0 Å². The third-order valence-electron chi connectivity index (χ3n) is 1.51. The Bertz CT molecular complexity index is 546.